The first-order chi connectivity index (χ1) is 20.9. The van der Waals surface area contributed by atoms with Gasteiger partial charge in [0.1, 0.15) is 18.4 Å². The van der Waals surface area contributed by atoms with E-state index in [2.05, 4.69) is 39.5 Å². The number of benzene rings is 2. The zero-order chi connectivity index (χ0) is 30.8. The molecule has 1 saturated carbocycles. The second-order valence-electron chi connectivity index (χ2n) is 10.6. The quantitative estimate of drug-likeness (QED) is 0.282. The monoisotopic (exact) mass is 595 g/mol. The Bertz CT molecular complexity index is 1340. The molecule has 232 valence electrons. The summed E-state index contributed by atoms with van der Waals surface area (Å²) < 4.78 is 24.6. The van der Waals surface area contributed by atoms with Gasteiger partial charge in [-0.1, -0.05) is 38.8 Å². The van der Waals surface area contributed by atoms with Crippen LogP contribution in [0.2, 0.25) is 0 Å². The lowest BCUT2D eigenvalue weighted by Crippen LogP contribution is -2.48. The lowest BCUT2D eigenvalue weighted by Gasteiger charge is -2.33. The Balaban J connectivity index is 1.61. The molecular weight excluding hydrogens is 553 g/mol. The SMILES string of the molecule is CCN(CC)CCCN(C(=O)Cn1nnc(-c2ccc(OC)c(OC)c2)n1)C(C(=O)NC1CCCC1)c1ccc(F)cc1. The number of nitrogens with one attached hydrogen (secondary N) is 1. The summed E-state index contributed by atoms with van der Waals surface area (Å²) in [6.07, 6.45) is 4.57. The first-order valence-corrected chi connectivity index (χ1v) is 14.9. The van der Waals surface area contributed by atoms with Crippen molar-refractivity contribution >= 4 is 11.8 Å². The number of carbonyl (C=O) groups excluding carboxylic acids is 2. The molecule has 0 aliphatic heterocycles. The van der Waals surface area contributed by atoms with Gasteiger partial charge < -0.3 is 24.6 Å². The van der Waals surface area contributed by atoms with Crippen molar-refractivity contribution in [2.45, 2.75) is 64.6 Å². The summed E-state index contributed by atoms with van der Waals surface area (Å²) in [7, 11) is 3.10. The Morgan fingerprint density at radius 1 is 1.02 bits per heavy atom. The van der Waals surface area contributed by atoms with Gasteiger partial charge in [0.15, 0.2) is 11.5 Å². The molecule has 1 aliphatic carbocycles. The fraction of sp³-hybridized carbons (Fsp3) is 0.516. The number of hydrogen-bond donors (Lipinski definition) is 1. The lowest BCUT2D eigenvalue weighted by molar-refractivity contribution is -0.142. The van der Waals surface area contributed by atoms with Gasteiger partial charge in [0, 0.05) is 18.2 Å². The number of ether oxygens (including phenoxy) is 2. The van der Waals surface area contributed by atoms with Crippen LogP contribution in [0.1, 0.15) is 57.6 Å². The van der Waals surface area contributed by atoms with E-state index in [9.17, 15) is 14.0 Å². The second-order valence-corrected chi connectivity index (χ2v) is 10.6. The number of methoxy groups -OCH3 is 2. The summed E-state index contributed by atoms with van der Waals surface area (Å²) in [5.41, 5.74) is 1.19. The zero-order valence-corrected chi connectivity index (χ0v) is 25.5. The molecule has 1 unspecified atom stereocenters. The zero-order valence-electron chi connectivity index (χ0n) is 25.5. The molecule has 1 heterocycles. The Kier molecular flexibility index (Phi) is 11.4. The normalized spacial score (nSPS) is 14.1. The van der Waals surface area contributed by atoms with Crippen LogP contribution >= 0.6 is 0 Å². The predicted molar refractivity (Wildman–Crippen MR) is 160 cm³/mol. The average molecular weight is 596 g/mol. The third kappa shape index (κ3) is 8.28. The molecule has 0 saturated heterocycles. The van der Waals surface area contributed by atoms with E-state index in [1.807, 2.05) is 0 Å². The third-order valence-electron chi connectivity index (χ3n) is 7.91. The number of tetrazole rings is 1. The number of carbonyl (C=O) groups is 2. The third-order valence-corrected chi connectivity index (χ3v) is 7.91. The van der Waals surface area contributed by atoms with Crippen LogP contribution in [0.15, 0.2) is 42.5 Å². The molecule has 1 aromatic heterocycles. The molecule has 3 aromatic rings. The molecule has 0 radical (unpaired) electrons. The van der Waals surface area contributed by atoms with Crippen LogP contribution in [-0.4, -0.2) is 88.3 Å². The van der Waals surface area contributed by atoms with Gasteiger partial charge in [-0.2, -0.15) is 4.80 Å². The van der Waals surface area contributed by atoms with E-state index in [-0.39, 0.29) is 24.4 Å². The maximum absolute atomic E-state index is 14.0. The number of halogens is 1. The average Bonchev–Trinajstić information content (AvgIpc) is 3.71. The minimum absolute atomic E-state index is 0.0594. The van der Waals surface area contributed by atoms with E-state index in [4.69, 9.17) is 9.47 Å². The summed E-state index contributed by atoms with van der Waals surface area (Å²) in [6.45, 7) is 6.82. The molecule has 1 fully saturated rings. The van der Waals surface area contributed by atoms with Crippen molar-refractivity contribution in [3.8, 4) is 22.9 Å². The van der Waals surface area contributed by atoms with Gasteiger partial charge >= 0.3 is 0 Å². The summed E-state index contributed by atoms with van der Waals surface area (Å²) in [6, 6.07) is 10.2. The van der Waals surface area contributed by atoms with Gasteiger partial charge in [0.2, 0.25) is 17.6 Å². The van der Waals surface area contributed by atoms with Crippen LogP contribution in [0.4, 0.5) is 4.39 Å². The Morgan fingerprint density at radius 3 is 2.37 bits per heavy atom. The van der Waals surface area contributed by atoms with Crippen molar-refractivity contribution in [1.82, 2.24) is 35.3 Å². The smallest absolute Gasteiger partial charge is 0.247 e. The molecule has 0 spiro atoms. The summed E-state index contributed by atoms with van der Waals surface area (Å²) in [5.74, 6) is 0.376. The molecule has 1 aliphatic rings. The highest BCUT2D eigenvalue weighted by Gasteiger charge is 2.33. The topological polar surface area (TPSA) is 115 Å². The van der Waals surface area contributed by atoms with E-state index < -0.39 is 11.9 Å². The van der Waals surface area contributed by atoms with E-state index in [1.54, 1.807) is 49.5 Å². The van der Waals surface area contributed by atoms with Gasteiger partial charge in [-0.25, -0.2) is 4.39 Å². The Morgan fingerprint density at radius 2 is 1.72 bits per heavy atom. The van der Waals surface area contributed by atoms with Crippen LogP contribution < -0.4 is 14.8 Å². The molecule has 2 aromatic carbocycles. The van der Waals surface area contributed by atoms with Gasteiger partial charge in [-0.3, -0.25) is 9.59 Å². The van der Waals surface area contributed by atoms with Crippen molar-refractivity contribution in [1.29, 1.82) is 0 Å². The molecular formula is C31H42FN7O4. The highest BCUT2D eigenvalue weighted by Crippen LogP contribution is 2.31. The number of amides is 2. The van der Waals surface area contributed by atoms with Crippen molar-refractivity contribution in [2.24, 2.45) is 0 Å². The van der Waals surface area contributed by atoms with Gasteiger partial charge in [0.25, 0.3) is 0 Å². The van der Waals surface area contributed by atoms with E-state index in [0.29, 0.717) is 41.4 Å². The van der Waals surface area contributed by atoms with Crippen molar-refractivity contribution in [3.63, 3.8) is 0 Å². The van der Waals surface area contributed by atoms with Crippen molar-refractivity contribution in [3.05, 3.63) is 53.8 Å². The van der Waals surface area contributed by atoms with Gasteiger partial charge in [0.05, 0.1) is 14.2 Å². The summed E-state index contributed by atoms with van der Waals surface area (Å²) in [5, 5.41) is 15.8. The summed E-state index contributed by atoms with van der Waals surface area (Å²) >= 11 is 0. The fourth-order valence-electron chi connectivity index (χ4n) is 5.48. The molecule has 1 atom stereocenters. The summed E-state index contributed by atoms with van der Waals surface area (Å²) in [4.78, 5) is 32.8. The Labute approximate surface area is 252 Å². The Hall–Kier alpha value is -4.06. The number of hydrogen-bond acceptors (Lipinski definition) is 8. The fourth-order valence-corrected chi connectivity index (χ4v) is 5.48. The van der Waals surface area contributed by atoms with E-state index in [1.165, 1.54) is 16.9 Å². The largest absolute Gasteiger partial charge is 0.493 e. The van der Waals surface area contributed by atoms with Crippen molar-refractivity contribution < 1.29 is 23.5 Å². The standard InChI is InChI=1S/C31H42FN7O4/c1-5-37(6-2)18-9-19-38(29(22-12-15-24(32)16-13-22)31(41)33-25-10-7-8-11-25)28(40)21-39-35-30(34-36-39)23-14-17-26(42-3)27(20-23)43-4/h12-17,20,25,29H,5-11,18-19,21H2,1-4H3,(H,33,41). The van der Waals surface area contributed by atoms with Gasteiger partial charge in [-0.15, -0.1) is 10.2 Å². The number of nitrogens with zero attached hydrogens (tertiary/aromatic N) is 6. The number of aromatic nitrogens is 4. The lowest BCUT2D eigenvalue weighted by atomic mass is 10.0. The predicted octanol–water partition coefficient (Wildman–Crippen LogP) is 3.86. The molecule has 43 heavy (non-hydrogen) atoms. The molecule has 2 amide bonds. The van der Waals surface area contributed by atoms with E-state index >= 15 is 0 Å². The first-order valence-electron chi connectivity index (χ1n) is 14.9. The molecule has 4 rings (SSSR count). The number of rotatable bonds is 15. The van der Waals surface area contributed by atoms with Crippen LogP contribution in [0.25, 0.3) is 11.4 Å². The van der Waals surface area contributed by atoms with Crippen LogP contribution in [0.5, 0.6) is 11.5 Å². The van der Waals surface area contributed by atoms with E-state index in [0.717, 1.165) is 45.3 Å². The maximum atomic E-state index is 14.0. The van der Waals surface area contributed by atoms with Gasteiger partial charge in [-0.05, 0) is 80.0 Å². The first kappa shape index (κ1) is 31.9. The molecule has 11 nitrogen and oxygen atoms in total. The van der Waals surface area contributed by atoms with Crippen LogP contribution in [0.3, 0.4) is 0 Å². The van der Waals surface area contributed by atoms with Crippen molar-refractivity contribution in [2.75, 3.05) is 40.4 Å². The molecule has 1 N–H and O–H groups in total. The highest BCUT2D eigenvalue weighted by atomic mass is 19.1. The highest BCUT2D eigenvalue weighted by molar-refractivity contribution is 5.89. The minimum atomic E-state index is -0.931. The minimum Gasteiger partial charge on any atom is -0.493 e. The maximum Gasteiger partial charge on any atom is 0.247 e. The van der Waals surface area contributed by atoms with Crippen LogP contribution in [-0.2, 0) is 16.1 Å². The molecule has 12 heteroatoms. The van der Waals surface area contributed by atoms with Crippen LogP contribution in [0, 0.1) is 5.82 Å². The molecule has 0 bridgehead atoms. The second kappa shape index (κ2) is 15.4.